The van der Waals surface area contributed by atoms with Crippen LogP contribution >= 0.6 is 0 Å². The molecule has 3 rings (SSSR count). The molecule has 1 atom stereocenters. The van der Waals surface area contributed by atoms with Gasteiger partial charge in [0.2, 0.25) is 5.91 Å². The lowest BCUT2D eigenvalue weighted by atomic mass is 9.96. The van der Waals surface area contributed by atoms with E-state index in [0.29, 0.717) is 23.7 Å². The highest BCUT2D eigenvalue weighted by Crippen LogP contribution is 2.29. The van der Waals surface area contributed by atoms with Crippen molar-refractivity contribution < 1.29 is 14.3 Å². The number of hydrogen-bond donors (Lipinski definition) is 2. The second-order valence-electron chi connectivity index (χ2n) is 6.57. The number of nitrogens with one attached hydrogen (secondary N) is 2. The summed E-state index contributed by atoms with van der Waals surface area (Å²) >= 11 is 0. The summed E-state index contributed by atoms with van der Waals surface area (Å²) in [7, 11) is 3.18. The number of carbonyl (C=O) groups is 1. The van der Waals surface area contributed by atoms with Crippen LogP contribution in [0.5, 0.6) is 11.5 Å². The van der Waals surface area contributed by atoms with E-state index in [-0.39, 0.29) is 5.91 Å². The van der Waals surface area contributed by atoms with E-state index in [2.05, 4.69) is 25.9 Å². The lowest BCUT2D eigenvalue weighted by molar-refractivity contribution is -0.117. The van der Waals surface area contributed by atoms with Crippen molar-refractivity contribution in [2.75, 3.05) is 19.5 Å². The van der Waals surface area contributed by atoms with E-state index < -0.39 is 5.92 Å². The summed E-state index contributed by atoms with van der Waals surface area (Å²) in [5, 5.41) is 17.0. The first kappa shape index (κ1) is 19.3. The quantitative estimate of drug-likeness (QED) is 0.652. The summed E-state index contributed by atoms with van der Waals surface area (Å²) in [6.07, 6.45) is 0.330. The van der Waals surface area contributed by atoms with Crippen LogP contribution in [0.3, 0.4) is 0 Å². The lowest BCUT2D eigenvalue weighted by Crippen LogP contribution is -2.24. The van der Waals surface area contributed by atoms with Crippen molar-refractivity contribution >= 4 is 11.6 Å². The highest BCUT2D eigenvalue weighted by atomic mass is 16.5. The monoisotopic (exact) mass is 381 g/mol. The zero-order chi connectivity index (χ0) is 20.1. The van der Waals surface area contributed by atoms with Gasteiger partial charge in [0, 0.05) is 5.69 Å². The smallest absolute Gasteiger partial charge is 0.235 e. The van der Waals surface area contributed by atoms with E-state index in [1.165, 1.54) is 0 Å². The summed E-state index contributed by atoms with van der Waals surface area (Å²) in [6, 6.07) is 11.3. The van der Waals surface area contributed by atoms with Crippen molar-refractivity contribution in [3.63, 3.8) is 0 Å². The van der Waals surface area contributed by atoms with Crippen LogP contribution < -0.4 is 14.8 Å². The molecule has 2 N–H and O–H groups in total. The predicted octanol–water partition coefficient (Wildman–Crippen LogP) is 2.80. The summed E-state index contributed by atoms with van der Waals surface area (Å²) in [5.74, 6) is 0.773. The molecule has 2 aromatic carbocycles. The highest BCUT2D eigenvalue weighted by molar-refractivity contribution is 5.95. The molecular weight excluding hydrogens is 358 g/mol. The third-order valence-corrected chi connectivity index (χ3v) is 4.39. The molecule has 1 aromatic heterocycles. The molecule has 0 saturated carbocycles. The molecule has 8 heteroatoms. The van der Waals surface area contributed by atoms with E-state index >= 15 is 0 Å². The Kier molecular flexibility index (Phi) is 5.88. The number of tetrazole rings is 1. The number of nitrogens with zero attached hydrogens (tertiary/aromatic N) is 3. The fourth-order valence-electron chi connectivity index (χ4n) is 3.16. The van der Waals surface area contributed by atoms with Crippen LogP contribution in [0.1, 0.15) is 28.4 Å². The summed E-state index contributed by atoms with van der Waals surface area (Å²) in [6.45, 7) is 3.97. The van der Waals surface area contributed by atoms with E-state index in [0.717, 1.165) is 22.4 Å². The van der Waals surface area contributed by atoms with Crippen molar-refractivity contribution in [1.29, 1.82) is 0 Å². The third kappa shape index (κ3) is 4.46. The number of carbonyl (C=O) groups excluding carboxylic acids is 1. The largest absolute Gasteiger partial charge is 0.497 e. The van der Waals surface area contributed by atoms with Crippen molar-refractivity contribution in [3.8, 4) is 11.5 Å². The zero-order valence-electron chi connectivity index (χ0n) is 16.3. The highest BCUT2D eigenvalue weighted by Gasteiger charge is 2.27. The van der Waals surface area contributed by atoms with Gasteiger partial charge in [-0.3, -0.25) is 4.79 Å². The van der Waals surface area contributed by atoms with E-state index in [9.17, 15) is 4.79 Å². The van der Waals surface area contributed by atoms with E-state index in [1.54, 1.807) is 20.3 Å². The van der Waals surface area contributed by atoms with Crippen molar-refractivity contribution in [2.45, 2.75) is 26.2 Å². The van der Waals surface area contributed by atoms with Gasteiger partial charge in [0.15, 0.2) is 5.82 Å². The molecule has 8 nitrogen and oxygen atoms in total. The van der Waals surface area contributed by atoms with Gasteiger partial charge in [0.05, 0.1) is 14.2 Å². The number of aromatic amines is 1. The minimum absolute atomic E-state index is 0.226. The van der Waals surface area contributed by atoms with E-state index in [4.69, 9.17) is 9.47 Å². The number of aromatic nitrogens is 4. The lowest BCUT2D eigenvalue weighted by Gasteiger charge is -2.17. The van der Waals surface area contributed by atoms with Crippen LogP contribution in [0.4, 0.5) is 5.69 Å². The normalized spacial score (nSPS) is 11.7. The molecule has 0 fully saturated rings. The molecule has 0 aliphatic carbocycles. The van der Waals surface area contributed by atoms with E-state index in [1.807, 2.05) is 44.2 Å². The summed E-state index contributed by atoms with van der Waals surface area (Å²) < 4.78 is 10.7. The fraction of sp³-hybridized carbons (Fsp3) is 0.300. The molecule has 0 spiro atoms. The standard InChI is InChI=1S/C20H23N5O3/c1-12-7-13(2)9-15(8-12)21-20(26)17(19-22-24-25-23-19)11-14-10-16(27-3)5-6-18(14)28-4/h5-10,17H,11H2,1-4H3,(H,21,26)(H,22,23,24,25)/t17-/m0/s1. The average Bonchev–Trinajstić information content (AvgIpc) is 3.19. The average molecular weight is 381 g/mol. The minimum Gasteiger partial charge on any atom is -0.497 e. The first-order valence-electron chi connectivity index (χ1n) is 8.83. The van der Waals surface area contributed by atoms with Crippen molar-refractivity contribution in [1.82, 2.24) is 20.6 Å². The van der Waals surface area contributed by atoms with Crippen LogP contribution in [-0.4, -0.2) is 40.8 Å². The molecule has 0 radical (unpaired) electrons. The Morgan fingerprint density at radius 1 is 1.11 bits per heavy atom. The molecule has 1 heterocycles. The Morgan fingerprint density at radius 3 is 2.46 bits per heavy atom. The van der Waals surface area contributed by atoms with Gasteiger partial charge in [-0.25, -0.2) is 0 Å². The number of ether oxygens (including phenoxy) is 2. The van der Waals surface area contributed by atoms with Gasteiger partial charge in [-0.2, -0.15) is 5.21 Å². The van der Waals surface area contributed by atoms with Crippen molar-refractivity contribution in [3.05, 3.63) is 58.9 Å². The molecular formula is C20H23N5O3. The Labute approximate surface area is 163 Å². The molecule has 28 heavy (non-hydrogen) atoms. The molecule has 0 aliphatic heterocycles. The Balaban J connectivity index is 1.91. The Hall–Kier alpha value is -3.42. The summed E-state index contributed by atoms with van der Waals surface area (Å²) in [5.41, 5.74) is 3.68. The molecule has 0 aliphatic rings. The van der Waals surface area contributed by atoms with Gasteiger partial charge < -0.3 is 14.8 Å². The number of amides is 1. The Morgan fingerprint density at radius 2 is 1.86 bits per heavy atom. The van der Waals surface area contributed by atoms with Crippen LogP contribution in [0, 0.1) is 13.8 Å². The third-order valence-electron chi connectivity index (χ3n) is 4.39. The second kappa shape index (κ2) is 8.51. The molecule has 1 amide bonds. The number of benzene rings is 2. The SMILES string of the molecule is COc1ccc(OC)c(C[C@H](C(=O)Nc2cc(C)cc(C)c2)c2nn[nH]n2)c1. The molecule has 0 bridgehead atoms. The van der Waals surface area contributed by atoms with Crippen LogP contribution in [-0.2, 0) is 11.2 Å². The molecule has 0 unspecified atom stereocenters. The zero-order valence-corrected chi connectivity index (χ0v) is 16.3. The van der Waals surface area contributed by atoms with Gasteiger partial charge in [-0.05, 0) is 67.3 Å². The van der Waals surface area contributed by atoms with Crippen LogP contribution in [0.2, 0.25) is 0 Å². The summed E-state index contributed by atoms with van der Waals surface area (Å²) in [4.78, 5) is 13.1. The molecule has 0 saturated heterocycles. The first-order chi connectivity index (χ1) is 13.5. The molecule has 3 aromatic rings. The molecule has 146 valence electrons. The van der Waals surface area contributed by atoms with Crippen LogP contribution in [0.15, 0.2) is 36.4 Å². The van der Waals surface area contributed by atoms with Gasteiger partial charge in [0.25, 0.3) is 0 Å². The topological polar surface area (TPSA) is 102 Å². The van der Waals surface area contributed by atoms with Gasteiger partial charge >= 0.3 is 0 Å². The number of aryl methyl sites for hydroxylation is 2. The Bertz CT molecular complexity index is 936. The number of hydrogen-bond acceptors (Lipinski definition) is 6. The maximum atomic E-state index is 13.1. The second-order valence-corrected chi connectivity index (χ2v) is 6.57. The number of H-pyrrole nitrogens is 1. The maximum Gasteiger partial charge on any atom is 0.235 e. The van der Waals surface area contributed by atoms with Gasteiger partial charge in [0.1, 0.15) is 17.4 Å². The minimum atomic E-state index is -0.652. The first-order valence-corrected chi connectivity index (χ1v) is 8.83. The number of anilines is 1. The van der Waals surface area contributed by atoms with Crippen LogP contribution in [0.25, 0.3) is 0 Å². The van der Waals surface area contributed by atoms with Gasteiger partial charge in [-0.15, -0.1) is 10.2 Å². The number of methoxy groups -OCH3 is 2. The predicted molar refractivity (Wildman–Crippen MR) is 105 cm³/mol. The number of rotatable bonds is 7. The van der Waals surface area contributed by atoms with Crippen molar-refractivity contribution in [2.24, 2.45) is 0 Å². The maximum absolute atomic E-state index is 13.1. The fourth-order valence-corrected chi connectivity index (χ4v) is 3.16. The van der Waals surface area contributed by atoms with Gasteiger partial charge in [-0.1, -0.05) is 11.3 Å².